The Kier molecular flexibility index (Phi) is 4.13. The van der Waals surface area contributed by atoms with Gasteiger partial charge in [-0.1, -0.05) is 0 Å². The monoisotopic (exact) mass is 336 g/mol. The second-order valence-electron chi connectivity index (χ2n) is 6.80. The van der Waals surface area contributed by atoms with E-state index in [4.69, 9.17) is 4.98 Å². The number of nitrogens with one attached hydrogen (secondary N) is 1. The summed E-state index contributed by atoms with van der Waals surface area (Å²) >= 11 is 0. The van der Waals surface area contributed by atoms with Crippen LogP contribution in [-0.4, -0.2) is 38.1 Å². The van der Waals surface area contributed by atoms with Crippen molar-refractivity contribution in [2.75, 3.05) is 18.9 Å². The van der Waals surface area contributed by atoms with Crippen molar-refractivity contribution < 1.29 is 0 Å². The van der Waals surface area contributed by atoms with Crippen LogP contribution < -0.4 is 5.32 Å². The van der Waals surface area contributed by atoms with Gasteiger partial charge < -0.3 is 5.32 Å². The summed E-state index contributed by atoms with van der Waals surface area (Å²) in [5.41, 5.74) is 5.67. The van der Waals surface area contributed by atoms with Crippen LogP contribution in [0, 0.1) is 13.8 Å². The fraction of sp³-hybridized carbons (Fsp3) is 0.421. The van der Waals surface area contributed by atoms with Crippen molar-refractivity contribution in [3.63, 3.8) is 0 Å². The lowest BCUT2D eigenvalue weighted by Gasteiger charge is -2.24. The molecule has 1 unspecified atom stereocenters. The van der Waals surface area contributed by atoms with Crippen LogP contribution in [0.15, 0.2) is 30.6 Å². The number of nitrogens with zero attached hydrogens (tertiary/aromatic N) is 5. The second-order valence-corrected chi connectivity index (χ2v) is 6.80. The minimum atomic E-state index is 0.427. The predicted molar refractivity (Wildman–Crippen MR) is 98.6 cm³/mol. The number of hydrogen-bond donors (Lipinski definition) is 1. The fourth-order valence-electron chi connectivity index (χ4n) is 3.83. The van der Waals surface area contributed by atoms with Gasteiger partial charge in [-0.2, -0.15) is 5.10 Å². The highest BCUT2D eigenvalue weighted by molar-refractivity contribution is 5.48. The highest BCUT2D eigenvalue weighted by Crippen LogP contribution is 2.34. The van der Waals surface area contributed by atoms with E-state index in [1.807, 2.05) is 30.9 Å². The molecule has 130 valence electrons. The van der Waals surface area contributed by atoms with Crippen molar-refractivity contribution in [2.45, 2.75) is 39.3 Å². The van der Waals surface area contributed by atoms with E-state index in [1.54, 1.807) is 0 Å². The summed E-state index contributed by atoms with van der Waals surface area (Å²) in [7, 11) is 1.91. The standard InChI is InChI=1S/C19H24N6/c1-13-9-14(2)25-19(23-13)16(11-22-25)12-24-8-4-5-17(24)15-6-7-21-18(10-15)20-3/h6-7,9-11,17H,4-5,8,12H2,1-3H3,(H,20,21). The van der Waals surface area contributed by atoms with Crippen molar-refractivity contribution in [3.05, 3.63) is 53.1 Å². The number of pyridine rings is 1. The Morgan fingerprint density at radius 1 is 1.28 bits per heavy atom. The first-order chi connectivity index (χ1) is 12.2. The first kappa shape index (κ1) is 16.0. The van der Waals surface area contributed by atoms with E-state index in [-0.39, 0.29) is 0 Å². The highest BCUT2D eigenvalue weighted by atomic mass is 15.3. The van der Waals surface area contributed by atoms with E-state index in [2.05, 4.69) is 45.4 Å². The SMILES string of the molecule is CNc1cc(C2CCCN2Cc2cnn3c(C)cc(C)nc23)ccn1. The van der Waals surface area contributed by atoms with Gasteiger partial charge in [-0.15, -0.1) is 0 Å². The van der Waals surface area contributed by atoms with Crippen LogP contribution in [0.5, 0.6) is 0 Å². The van der Waals surface area contributed by atoms with Crippen LogP contribution in [0.1, 0.15) is 41.4 Å². The van der Waals surface area contributed by atoms with E-state index in [0.717, 1.165) is 35.9 Å². The molecule has 0 amide bonds. The van der Waals surface area contributed by atoms with E-state index < -0.39 is 0 Å². The molecule has 0 spiro atoms. The molecule has 0 radical (unpaired) electrons. The zero-order valence-electron chi connectivity index (χ0n) is 15.0. The summed E-state index contributed by atoms with van der Waals surface area (Å²) in [6, 6.07) is 6.78. The molecule has 0 aliphatic carbocycles. The zero-order valence-corrected chi connectivity index (χ0v) is 15.0. The van der Waals surface area contributed by atoms with Crippen LogP contribution in [-0.2, 0) is 6.54 Å². The lowest BCUT2D eigenvalue weighted by atomic mass is 10.1. The molecule has 0 aromatic carbocycles. The van der Waals surface area contributed by atoms with Crippen LogP contribution in [0.25, 0.3) is 5.65 Å². The molecule has 1 aliphatic heterocycles. The van der Waals surface area contributed by atoms with Gasteiger partial charge in [0.05, 0.1) is 6.20 Å². The third kappa shape index (κ3) is 2.98. The molecule has 4 rings (SSSR count). The van der Waals surface area contributed by atoms with Crippen LogP contribution >= 0.6 is 0 Å². The van der Waals surface area contributed by atoms with Crippen molar-refractivity contribution in [2.24, 2.45) is 0 Å². The largest absolute Gasteiger partial charge is 0.373 e. The van der Waals surface area contributed by atoms with E-state index in [1.165, 1.54) is 24.0 Å². The van der Waals surface area contributed by atoms with Gasteiger partial charge in [-0.05, 0) is 57.0 Å². The Morgan fingerprint density at radius 2 is 2.16 bits per heavy atom. The zero-order chi connectivity index (χ0) is 17.4. The number of rotatable bonds is 4. The molecular formula is C19H24N6. The smallest absolute Gasteiger partial charge is 0.159 e. The molecule has 1 aliphatic rings. The molecule has 1 fully saturated rings. The average Bonchev–Trinajstić information content (AvgIpc) is 3.23. The van der Waals surface area contributed by atoms with Crippen molar-refractivity contribution in [3.8, 4) is 0 Å². The molecule has 3 aromatic heterocycles. The van der Waals surface area contributed by atoms with Crippen molar-refractivity contribution in [1.29, 1.82) is 0 Å². The minimum absolute atomic E-state index is 0.427. The Balaban J connectivity index is 1.63. The molecule has 1 saturated heterocycles. The average molecular weight is 336 g/mol. The Bertz CT molecular complexity index is 900. The van der Waals surface area contributed by atoms with Crippen LogP contribution in [0.2, 0.25) is 0 Å². The molecule has 6 nitrogen and oxygen atoms in total. The summed E-state index contributed by atoms with van der Waals surface area (Å²) in [5.74, 6) is 0.924. The Hall–Kier alpha value is -2.47. The number of likely N-dealkylation sites (tertiary alicyclic amines) is 1. The Morgan fingerprint density at radius 3 is 3.00 bits per heavy atom. The lowest BCUT2D eigenvalue weighted by molar-refractivity contribution is 0.249. The van der Waals surface area contributed by atoms with Gasteiger partial charge in [-0.3, -0.25) is 4.90 Å². The summed E-state index contributed by atoms with van der Waals surface area (Å²) < 4.78 is 1.94. The molecule has 0 bridgehead atoms. The number of fused-ring (bicyclic) bond motifs is 1. The van der Waals surface area contributed by atoms with E-state index in [0.29, 0.717) is 6.04 Å². The summed E-state index contributed by atoms with van der Waals surface area (Å²) in [6.07, 6.45) is 6.25. The highest BCUT2D eigenvalue weighted by Gasteiger charge is 2.27. The van der Waals surface area contributed by atoms with Gasteiger partial charge in [0.2, 0.25) is 0 Å². The van der Waals surface area contributed by atoms with E-state index >= 15 is 0 Å². The maximum atomic E-state index is 4.72. The molecule has 0 saturated carbocycles. The predicted octanol–water partition coefficient (Wildman–Crippen LogP) is 3.12. The minimum Gasteiger partial charge on any atom is -0.373 e. The van der Waals surface area contributed by atoms with Gasteiger partial charge in [0.25, 0.3) is 0 Å². The molecule has 1 N–H and O–H groups in total. The number of hydrogen-bond acceptors (Lipinski definition) is 5. The van der Waals surface area contributed by atoms with Gasteiger partial charge in [-0.25, -0.2) is 14.5 Å². The quantitative estimate of drug-likeness (QED) is 0.793. The molecule has 25 heavy (non-hydrogen) atoms. The molecule has 1 atom stereocenters. The second kappa shape index (κ2) is 6.44. The maximum absolute atomic E-state index is 4.72. The fourth-order valence-corrected chi connectivity index (χ4v) is 3.83. The summed E-state index contributed by atoms with van der Waals surface area (Å²) in [6.45, 7) is 6.09. The van der Waals surface area contributed by atoms with Crippen LogP contribution in [0.4, 0.5) is 5.82 Å². The third-order valence-corrected chi connectivity index (χ3v) is 5.01. The number of aromatic nitrogens is 4. The van der Waals surface area contributed by atoms with Gasteiger partial charge >= 0.3 is 0 Å². The van der Waals surface area contributed by atoms with Gasteiger partial charge in [0.1, 0.15) is 5.82 Å². The first-order valence-corrected chi connectivity index (χ1v) is 8.84. The van der Waals surface area contributed by atoms with Gasteiger partial charge in [0.15, 0.2) is 5.65 Å². The third-order valence-electron chi connectivity index (χ3n) is 5.01. The topological polar surface area (TPSA) is 58.4 Å². The number of anilines is 1. The van der Waals surface area contributed by atoms with Crippen LogP contribution in [0.3, 0.4) is 0 Å². The molecule has 3 aromatic rings. The molecule has 4 heterocycles. The Labute approximate surface area is 147 Å². The summed E-state index contributed by atoms with van der Waals surface area (Å²) in [5, 5.41) is 7.67. The van der Waals surface area contributed by atoms with Crippen molar-refractivity contribution in [1.82, 2.24) is 24.5 Å². The number of aryl methyl sites for hydroxylation is 2. The maximum Gasteiger partial charge on any atom is 0.159 e. The normalized spacial score (nSPS) is 18.1. The molecular weight excluding hydrogens is 312 g/mol. The van der Waals surface area contributed by atoms with Gasteiger partial charge in [0, 0.05) is 42.8 Å². The molecule has 6 heteroatoms. The lowest BCUT2D eigenvalue weighted by Crippen LogP contribution is -2.23. The van der Waals surface area contributed by atoms with Crippen molar-refractivity contribution >= 4 is 11.5 Å². The van der Waals surface area contributed by atoms with E-state index in [9.17, 15) is 0 Å². The summed E-state index contributed by atoms with van der Waals surface area (Å²) in [4.78, 5) is 11.6. The first-order valence-electron chi connectivity index (χ1n) is 8.84.